The van der Waals surface area contributed by atoms with Gasteiger partial charge in [-0.2, -0.15) is 18.3 Å². The molecule has 1 rings (SSSR count). The molecule has 1 aromatic heterocycles. The summed E-state index contributed by atoms with van der Waals surface area (Å²) in [6.45, 7) is 6.31. The van der Waals surface area contributed by atoms with Crippen LogP contribution in [0.5, 0.6) is 0 Å². The molecule has 0 aliphatic heterocycles. The molecule has 0 bridgehead atoms. The summed E-state index contributed by atoms with van der Waals surface area (Å²) >= 11 is 0. The van der Waals surface area contributed by atoms with E-state index in [-0.39, 0.29) is 12.1 Å². The van der Waals surface area contributed by atoms with Crippen molar-refractivity contribution in [3.05, 3.63) is 18.0 Å². The second kappa shape index (κ2) is 7.08. The molecule has 0 saturated heterocycles. The molecule has 7 heteroatoms. The lowest BCUT2D eigenvalue weighted by Crippen LogP contribution is -2.35. The van der Waals surface area contributed by atoms with Crippen LogP contribution in [0.2, 0.25) is 0 Å². The summed E-state index contributed by atoms with van der Waals surface area (Å²) in [4.78, 5) is 0. The highest BCUT2D eigenvalue weighted by atomic mass is 19.4. The lowest BCUT2D eigenvalue weighted by Gasteiger charge is -2.20. The molecule has 0 aliphatic carbocycles. The number of aromatic nitrogens is 2. The Bertz CT molecular complexity index is 396. The second-order valence-electron chi connectivity index (χ2n) is 5.67. The van der Waals surface area contributed by atoms with E-state index in [9.17, 15) is 13.2 Å². The summed E-state index contributed by atoms with van der Waals surface area (Å²) < 4.78 is 42.0. The maximum Gasteiger partial charge on any atom is 0.411 e. The summed E-state index contributed by atoms with van der Waals surface area (Å²) in [7, 11) is 0. The Morgan fingerprint density at radius 3 is 2.60 bits per heavy atom. The van der Waals surface area contributed by atoms with Crippen molar-refractivity contribution in [3.8, 4) is 0 Å². The first-order valence-corrected chi connectivity index (χ1v) is 6.57. The van der Waals surface area contributed by atoms with Gasteiger partial charge in [0.2, 0.25) is 0 Å². The van der Waals surface area contributed by atoms with Gasteiger partial charge in [-0.15, -0.1) is 0 Å². The minimum absolute atomic E-state index is 0.00488. The van der Waals surface area contributed by atoms with Crippen LogP contribution in [0.1, 0.15) is 32.9 Å². The standard InChI is InChI=1S/C13H22F3N3O/c1-12(2,3)17-9-11-5-6-18-19(11)7-4-8-20-10-13(14,15)16/h5-6,17H,4,7-10H2,1-3H3. The van der Waals surface area contributed by atoms with E-state index < -0.39 is 12.8 Å². The Hall–Kier alpha value is -1.08. The normalized spacial score (nSPS) is 12.9. The smallest absolute Gasteiger partial charge is 0.372 e. The maximum absolute atomic E-state index is 11.9. The van der Waals surface area contributed by atoms with Crippen LogP contribution in [-0.4, -0.2) is 34.7 Å². The molecule has 0 saturated carbocycles. The Balaban J connectivity index is 2.29. The van der Waals surface area contributed by atoms with E-state index in [1.165, 1.54) is 0 Å². The predicted octanol–water partition coefficient (Wildman–Crippen LogP) is 2.74. The van der Waals surface area contributed by atoms with E-state index in [1.807, 2.05) is 6.07 Å². The van der Waals surface area contributed by atoms with Crippen LogP contribution >= 0.6 is 0 Å². The molecule has 0 aliphatic rings. The Morgan fingerprint density at radius 1 is 1.30 bits per heavy atom. The predicted molar refractivity (Wildman–Crippen MR) is 70.3 cm³/mol. The first-order valence-electron chi connectivity index (χ1n) is 6.57. The molecule has 1 heterocycles. The zero-order valence-electron chi connectivity index (χ0n) is 12.1. The Labute approximate surface area is 117 Å². The van der Waals surface area contributed by atoms with Crippen molar-refractivity contribution in [2.24, 2.45) is 0 Å². The molecule has 0 amide bonds. The lowest BCUT2D eigenvalue weighted by molar-refractivity contribution is -0.174. The molecule has 0 radical (unpaired) electrons. The third kappa shape index (κ3) is 7.49. The van der Waals surface area contributed by atoms with Gasteiger partial charge in [0.15, 0.2) is 0 Å². The highest BCUT2D eigenvalue weighted by Gasteiger charge is 2.27. The summed E-state index contributed by atoms with van der Waals surface area (Å²) in [6, 6.07) is 1.90. The number of rotatable bonds is 7. The number of alkyl halides is 3. The number of hydrogen-bond donors (Lipinski definition) is 1. The van der Waals surface area contributed by atoms with Crippen molar-refractivity contribution in [2.45, 2.75) is 52.0 Å². The van der Waals surface area contributed by atoms with Crippen LogP contribution < -0.4 is 5.32 Å². The van der Waals surface area contributed by atoms with Crippen LogP contribution in [0.15, 0.2) is 12.3 Å². The van der Waals surface area contributed by atoms with Crippen molar-refractivity contribution < 1.29 is 17.9 Å². The molecule has 1 N–H and O–H groups in total. The van der Waals surface area contributed by atoms with Crippen molar-refractivity contribution >= 4 is 0 Å². The van der Waals surface area contributed by atoms with Crippen LogP contribution in [0, 0.1) is 0 Å². The van der Waals surface area contributed by atoms with Gasteiger partial charge >= 0.3 is 6.18 Å². The third-order valence-electron chi connectivity index (χ3n) is 2.53. The van der Waals surface area contributed by atoms with Gasteiger partial charge in [0.05, 0.1) is 5.69 Å². The molecular formula is C13H22F3N3O. The van der Waals surface area contributed by atoms with Gasteiger partial charge in [-0.25, -0.2) is 0 Å². The van der Waals surface area contributed by atoms with Crippen molar-refractivity contribution in [1.82, 2.24) is 15.1 Å². The average molecular weight is 293 g/mol. The topological polar surface area (TPSA) is 39.1 Å². The van der Waals surface area contributed by atoms with E-state index in [0.29, 0.717) is 19.5 Å². The van der Waals surface area contributed by atoms with Gasteiger partial charge in [0, 0.05) is 31.4 Å². The number of ether oxygens (including phenoxy) is 1. The van der Waals surface area contributed by atoms with E-state index in [4.69, 9.17) is 0 Å². The Kier molecular flexibility index (Phi) is 6.01. The molecular weight excluding hydrogens is 271 g/mol. The maximum atomic E-state index is 11.9. The average Bonchev–Trinajstić information content (AvgIpc) is 2.71. The lowest BCUT2D eigenvalue weighted by atomic mass is 10.1. The number of nitrogens with one attached hydrogen (secondary N) is 1. The molecule has 0 unspecified atom stereocenters. The van der Waals surface area contributed by atoms with E-state index in [1.54, 1.807) is 10.9 Å². The van der Waals surface area contributed by atoms with Crippen molar-refractivity contribution in [2.75, 3.05) is 13.2 Å². The molecule has 1 aromatic rings. The zero-order valence-corrected chi connectivity index (χ0v) is 12.1. The molecule has 0 atom stereocenters. The number of aryl methyl sites for hydroxylation is 1. The summed E-state index contributed by atoms with van der Waals surface area (Å²) in [5.41, 5.74) is 1.01. The fourth-order valence-corrected chi connectivity index (χ4v) is 1.57. The first kappa shape index (κ1) is 17.0. The molecule has 4 nitrogen and oxygen atoms in total. The molecule has 20 heavy (non-hydrogen) atoms. The minimum atomic E-state index is -4.26. The van der Waals surface area contributed by atoms with Crippen molar-refractivity contribution in [3.63, 3.8) is 0 Å². The molecule has 0 spiro atoms. The van der Waals surface area contributed by atoms with Gasteiger partial charge in [-0.3, -0.25) is 4.68 Å². The van der Waals surface area contributed by atoms with Gasteiger partial charge in [0.1, 0.15) is 6.61 Å². The summed E-state index contributed by atoms with van der Waals surface area (Å²) in [6.07, 6.45) is -2.07. The zero-order chi connectivity index (χ0) is 15.2. The van der Waals surface area contributed by atoms with E-state index >= 15 is 0 Å². The fraction of sp³-hybridized carbons (Fsp3) is 0.769. The first-order chi connectivity index (χ1) is 9.17. The SMILES string of the molecule is CC(C)(C)NCc1ccnn1CCCOCC(F)(F)F. The van der Waals surface area contributed by atoms with E-state index in [0.717, 1.165) is 5.69 Å². The second-order valence-corrected chi connectivity index (χ2v) is 5.67. The highest BCUT2D eigenvalue weighted by Crippen LogP contribution is 2.14. The highest BCUT2D eigenvalue weighted by molar-refractivity contribution is 5.00. The van der Waals surface area contributed by atoms with Crippen LogP contribution in [-0.2, 0) is 17.8 Å². The van der Waals surface area contributed by atoms with Crippen LogP contribution in [0.3, 0.4) is 0 Å². The van der Waals surface area contributed by atoms with Crippen LogP contribution in [0.25, 0.3) is 0 Å². The summed E-state index contributed by atoms with van der Waals surface area (Å²) in [5, 5.41) is 7.51. The molecule has 0 aromatic carbocycles. The monoisotopic (exact) mass is 293 g/mol. The third-order valence-corrected chi connectivity index (χ3v) is 2.53. The minimum Gasteiger partial charge on any atom is -0.372 e. The largest absolute Gasteiger partial charge is 0.411 e. The molecule has 0 fully saturated rings. The number of hydrogen-bond acceptors (Lipinski definition) is 3. The van der Waals surface area contributed by atoms with Gasteiger partial charge in [0.25, 0.3) is 0 Å². The van der Waals surface area contributed by atoms with Gasteiger partial charge in [-0.05, 0) is 33.3 Å². The van der Waals surface area contributed by atoms with Crippen molar-refractivity contribution in [1.29, 1.82) is 0 Å². The van der Waals surface area contributed by atoms with Gasteiger partial charge in [-0.1, -0.05) is 0 Å². The van der Waals surface area contributed by atoms with Crippen LogP contribution in [0.4, 0.5) is 13.2 Å². The van der Waals surface area contributed by atoms with E-state index in [2.05, 4.69) is 35.9 Å². The molecule has 116 valence electrons. The summed E-state index contributed by atoms with van der Waals surface area (Å²) in [5.74, 6) is 0. The quantitative estimate of drug-likeness (QED) is 0.786. The van der Waals surface area contributed by atoms with Gasteiger partial charge < -0.3 is 10.1 Å². The number of nitrogens with zero attached hydrogens (tertiary/aromatic N) is 2. The fourth-order valence-electron chi connectivity index (χ4n) is 1.57. The number of halogens is 3. The Morgan fingerprint density at radius 2 is 2.00 bits per heavy atom.